The van der Waals surface area contributed by atoms with Gasteiger partial charge in [0.1, 0.15) is 0 Å². The second-order valence-electron chi connectivity index (χ2n) is 6.58. The maximum absolute atomic E-state index is 11.3. The third-order valence-electron chi connectivity index (χ3n) is 3.25. The van der Waals surface area contributed by atoms with Crippen molar-refractivity contribution in [3.63, 3.8) is 0 Å². The molecule has 0 aromatic heterocycles. The first-order chi connectivity index (χ1) is 9.66. The highest BCUT2D eigenvalue weighted by molar-refractivity contribution is 5.75. The summed E-state index contributed by atoms with van der Waals surface area (Å²) in [6.07, 6.45) is 7.38. The SMILES string of the molecule is C=CCCC(C)(C)C(=O)OCC.C=CCCC(C)(C)CO. The van der Waals surface area contributed by atoms with Crippen LogP contribution in [0.4, 0.5) is 0 Å². The fourth-order valence-corrected chi connectivity index (χ4v) is 1.46. The monoisotopic (exact) mass is 298 g/mol. The number of esters is 1. The van der Waals surface area contributed by atoms with E-state index in [0.29, 0.717) is 6.61 Å². The van der Waals surface area contributed by atoms with Gasteiger partial charge < -0.3 is 9.84 Å². The Balaban J connectivity index is 0. The van der Waals surface area contributed by atoms with Crippen LogP contribution in [0, 0.1) is 10.8 Å². The summed E-state index contributed by atoms with van der Waals surface area (Å²) in [5.74, 6) is -0.119. The van der Waals surface area contributed by atoms with Gasteiger partial charge in [-0.25, -0.2) is 0 Å². The molecule has 3 nitrogen and oxygen atoms in total. The van der Waals surface area contributed by atoms with E-state index in [2.05, 4.69) is 27.0 Å². The Morgan fingerprint density at radius 3 is 1.95 bits per heavy atom. The fraction of sp³-hybridized carbons (Fsp3) is 0.722. The number of aliphatic hydroxyl groups is 1. The van der Waals surface area contributed by atoms with E-state index in [1.807, 2.05) is 32.9 Å². The number of hydrogen-bond acceptors (Lipinski definition) is 3. The molecule has 0 bridgehead atoms. The number of carbonyl (C=O) groups excluding carboxylic acids is 1. The summed E-state index contributed by atoms with van der Waals surface area (Å²) < 4.78 is 4.93. The summed E-state index contributed by atoms with van der Waals surface area (Å²) in [6.45, 7) is 17.7. The Kier molecular flexibility index (Phi) is 12.2. The molecule has 124 valence electrons. The molecule has 0 rings (SSSR count). The van der Waals surface area contributed by atoms with Crippen LogP contribution in [0.3, 0.4) is 0 Å². The maximum Gasteiger partial charge on any atom is 0.311 e. The Hall–Kier alpha value is -1.09. The second kappa shape index (κ2) is 11.6. The number of hydrogen-bond donors (Lipinski definition) is 1. The molecule has 0 fully saturated rings. The summed E-state index contributed by atoms with van der Waals surface area (Å²) in [5, 5.41) is 8.79. The van der Waals surface area contributed by atoms with Crippen molar-refractivity contribution in [1.29, 1.82) is 0 Å². The molecule has 0 aromatic carbocycles. The van der Waals surface area contributed by atoms with Gasteiger partial charge in [-0.2, -0.15) is 0 Å². The van der Waals surface area contributed by atoms with Crippen LogP contribution in [0.25, 0.3) is 0 Å². The van der Waals surface area contributed by atoms with Gasteiger partial charge in [-0.3, -0.25) is 4.79 Å². The lowest BCUT2D eigenvalue weighted by Crippen LogP contribution is -2.26. The standard InChI is InChI=1S/C10H18O2.C8H16O/c1-5-7-8-10(3,4)9(11)12-6-2;1-4-5-6-8(2,3)7-9/h5H,1,6-8H2,2-4H3;4,9H,1,5-7H2,2-3H3. The van der Waals surface area contributed by atoms with Gasteiger partial charge in [0.15, 0.2) is 0 Å². The van der Waals surface area contributed by atoms with E-state index in [4.69, 9.17) is 9.84 Å². The third-order valence-corrected chi connectivity index (χ3v) is 3.25. The lowest BCUT2D eigenvalue weighted by molar-refractivity contribution is -0.153. The van der Waals surface area contributed by atoms with Crippen LogP contribution < -0.4 is 0 Å². The third kappa shape index (κ3) is 12.4. The lowest BCUT2D eigenvalue weighted by atomic mass is 9.88. The van der Waals surface area contributed by atoms with Crippen LogP contribution in [0.15, 0.2) is 25.3 Å². The average molecular weight is 298 g/mol. The zero-order valence-electron chi connectivity index (χ0n) is 14.6. The summed E-state index contributed by atoms with van der Waals surface area (Å²) in [5.41, 5.74) is -0.293. The molecule has 0 aliphatic heterocycles. The van der Waals surface area contributed by atoms with E-state index >= 15 is 0 Å². The predicted molar refractivity (Wildman–Crippen MR) is 90.1 cm³/mol. The highest BCUT2D eigenvalue weighted by Gasteiger charge is 2.27. The molecule has 0 radical (unpaired) electrons. The number of rotatable bonds is 9. The van der Waals surface area contributed by atoms with Gasteiger partial charge in [-0.15, -0.1) is 13.2 Å². The number of carbonyl (C=O) groups is 1. The van der Waals surface area contributed by atoms with Crippen molar-refractivity contribution < 1.29 is 14.6 Å². The van der Waals surface area contributed by atoms with Gasteiger partial charge in [0, 0.05) is 6.61 Å². The van der Waals surface area contributed by atoms with Crippen LogP contribution in [0.5, 0.6) is 0 Å². The molecule has 0 amide bonds. The molecular formula is C18H34O3. The van der Waals surface area contributed by atoms with Crippen molar-refractivity contribution >= 4 is 5.97 Å². The van der Waals surface area contributed by atoms with Crippen molar-refractivity contribution in [2.45, 2.75) is 60.3 Å². The summed E-state index contributed by atoms with van der Waals surface area (Å²) in [7, 11) is 0. The van der Waals surface area contributed by atoms with E-state index in [1.54, 1.807) is 0 Å². The fourth-order valence-electron chi connectivity index (χ4n) is 1.46. The Morgan fingerprint density at radius 1 is 1.10 bits per heavy atom. The van der Waals surface area contributed by atoms with E-state index < -0.39 is 0 Å². The number of aliphatic hydroxyl groups excluding tert-OH is 1. The molecule has 0 heterocycles. The Labute approximate surface area is 131 Å². The molecule has 0 aliphatic carbocycles. The van der Waals surface area contributed by atoms with Crippen molar-refractivity contribution in [3.05, 3.63) is 25.3 Å². The van der Waals surface area contributed by atoms with E-state index in [9.17, 15) is 4.79 Å². The molecule has 1 N–H and O–H groups in total. The molecular weight excluding hydrogens is 264 g/mol. The number of ether oxygens (including phenoxy) is 1. The molecule has 0 aromatic rings. The summed E-state index contributed by atoms with van der Waals surface area (Å²) in [6, 6.07) is 0. The summed E-state index contributed by atoms with van der Waals surface area (Å²) >= 11 is 0. The smallest absolute Gasteiger partial charge is 0.311 e. The van der Waals surface area contributed by atoms with E-state index in [1.165, 1.54) is 0 Å². The van der Waals surface area contributed by atoms with Crippen LogP contribution in [-0.2, 0) is 9.53 Å². The summed E-state index contributed by atoms with van der Waals surface area (Å²) in [4.78, 5) is 11.3. The quantitative estimate of drug-likeness (QED) is 0.503. The van der Waals surface area contributed by atoms with E-state index in [0.717, 1.165) is 25.7 Å². The topological polar surface area (TPSA) is 46.5 Å². The van der Waals surface area contributed by atoms with Gasteiger partial charge in [-0.05, 0) is 51.9 Å². The van der Waals surface area contributed by atoms with Gasteiger partial charge in [-0.1, -0.05) is 26.0 Å². The Bertz CT molecular complexity index is 304. The van der Waals surface area contributed by atoms with Crippen molar-refractivity contribution in [2.24, 2.45) is 10.8 Å². The minimum Gasteiger partial charge on any atom is -0.466 e. The normalized spacial score (nSPS) is 11.1. The van der Waals surface area contributed by atoms with Crippen LogP contribution >= 0.6 is 0 Å². The second-order valence-corrected chi connectivity index (χ2v) is 6.58. The van der Waals surface area contributed by atoms with Crippen molar-refractivity contribution in [1.82, 2.24) is 0 Å². The van der Waals surface area contributed by atoms with Crippen LogP contribution in [0.2, 0.25) is 0 Å². The zero-order valence-corrected chi connectivity index (χ0v) is 14.6. The van der Waals surface area contributed by atoms with E-state index in [-0.39, 0.29) is 23.4 Å². The molecule has 0 saturated heterocycles. The molecule has 0 aliphatic rings. The Morgan fingerprint density at radius 2 is 1.57 bits per heavy atom. The predicted octanol–water partition coefficient (Wildman–Crippen LogP) is 4.51. The molecule has 21 heavy (non-hydrogen) atoms. The van der Waals surface area contributed by atoms with Gasteiger partial charge >= 0.3 is 5.97 Å². The molecule has 0 unspecified atom stereocenters. The van der Waals surface area contributed by atoms with Crippen LogP contribution in [0.1, 0.15) is 60.3 Å². The first-order valence-corrected chi connectivity index (χ1v) is 7.66. The average Bonchev–Trinajstić information content (AvgIpc) is 2.44. The zero-order chi connectivity index (χ0) is 16.9. The molecule has 0 spiro atoms. The van der Waals surface area contributed by atoms with Gasteiger partial charge in [0.25, 0.3) is 0 Å². The van der Waals surface area contributed by atoms with Crippen molar-refractivity contribution in [2.75, 3.05) is 13.2 Å². The minimum absolute atomic E-state index is 0.0776. The molecule has 0 atom stereocenters. The minimum atomic E-state index is -0.371. The van der Waals surface area contributed by atoms with Gasteiger partial charge in [0.05, 0.1) is 12.0 Å². The van der Waals surface area contributed by atoms with Crippen LogP contribution in [-0.4, -0.2) is 24.3 Å². The first kappa shape index (κ1) is 22.2. The maximum atomic E-state index is 11.3. The van der Waals surface area contributed by atoms with Crippen molar-refractivity contribution in [3.8, 4) is 0 Å². The molecule has 0 saturated carbocycles. The van der Waals surface area contributed by atoms with Gasteiger partial charge in [0.2, 0.25) is 0 Å². The largest absolute Gasteiger partial charge is 0.466 e. The first-order valence-electron chi connectivity index (χ1n) is 7.66. The highest BCUT2D eigenvalue weighted by Crippen LogP contribution is 2.24. The lowest BCUT2D eigenvalue weighted by Gasteiger charge is -2.21. The number of allylic oxidation sites excluding steroid dienone is 2. The highest BCUT2D eigenvalue weighted by atomic mass is 16.5. The molecule has 3 heteroatoms.